The Bertz CT molecular complexity index is 1890. The van der Waals surface area contributed by atoms with Crippen LogP contribution in [0.4, 0.5) is 0 Å². The quantitative estimate of drug-likeness (QED) is 0.0222. The first-order valence-corrected chi connectivity index (χ1v) is 44.6. The Morgan fingerprint density at radius 3 is 0.687 bits per heavy atom. The van der Waals surface area contributed by atoms with Gasteiger partial charge in [0.2, 0.25) is 0 Å². The normalized spacial score (nSPS) is 13.9. The van der Waals surface area contributed by atoms with E-state index < -0.39 is 97.5 Å². The number of carbonyl (C=O) groups is 4. The molecule has 0 aliphatic heterocycles. The van der Waals surface area contributed by atoms with Crippen LogP contribution in [0.3, 0.4) is 0 Å². The molecule has 0 saturated heterocycles. The minimum atomic E-state index is -4.96. The first-order chi connectivity index (χ1) is 48.0. The fourth-order valence-corrected chi connectivity index (χ4v) is 14.0. The third kappa shape index (κ3) is 74.1. The molecule has 0 radical (unpaired) electrons. The second-order valence-electron chi connectivity index (χ2n) is 29.3. The maximum absolute atomic E-state index is 13.1. The molecular weight excluding hydrogens is 1290 g/mol. The number of aliphatic hydroxyl groups is 1. The van der Waals surface area contributed by atoms with Crippen molar-refractivity contribution in [3.63, 3.8) is 0 Å². The highest BCUT2D eigenvalue weighted by atomic mass is 31.2. The molecule has 0 aromatic heterocycles. The number of rotatable bonds is 80. The maximum atomic E-state index is 13.1. The van der Waals surface area contributed by atoms with E-state index in [2.05, 4.69) is 34.6 Å². The summed E-state index contributed by atoms with van der Waals surface area (Å²) in [7, 11) is -9.92. The fraction of sp³-hybridized carbons (Fsp3) is 0.950. The van der Waals surface area contributed by atoms with Gasteiger partial charge in [0.25, 0.3) is 0 Å². The number of ether oxygens (including phenoxy) is 4. The molecule has 19 heteroatoms. The van der Waals surface area contributed by atoms with Crippen LogP contribution in [0, 0.1) is 5.92 Å². The first kappa shape index (κ1) is 97.1. The molecule has 588 valence electrons. The number of phosphoric acid groups is 2. The van der Waals surface area contributed by atoms with Crippen molar-refractivity contribution < 1.29 is 80.2 Å². The van der Waals surface area contributed by atoms with Crippen molar-refractivity contribution in [3.05, 3.63) is 0 Å². The smallest absolute Gasteiger partial charge is 0.462 e. The van der Waals surface area contributed by atoms with E-state index in [-0.39, 0.29) is 25.7 Å². The van der Waals surface area contributed by atoms with Gasteiger partial charge in [0.15, 0.2) is 12.2 Å². The molecule has 0 rings (SSSR count). The van der Waals surface area contributed by atoms with Gasteiger partial charge in [-0.3, -0.25) is 37.3 Å². The summed E-state index contributed by atoms with van der Waals surface area (Å²) in [5.74, 6) is -1.32. The topological polar surface area (TPSA) is 237 Å². The Morgan fingerprint density at radius 1 is 0.273 bits per heavy atom. The Kier molecular flexibility index (Phi) is 71.6. The Hall–Kier alpha value is -1.94. The second kappa shape index (κ2) is 73.0. The van der Waals surface area contributed by atoms with Crippen LogP contribution in [0.1, 0.15) is 426 Å². The van der Waals surface area contributed by atoms with E-state index in [1.54, 1.807) is 0 Å². The summed E-state index contributed by atoms with van der Waals surface area (Å²) in [5, 5.41) is 10.6. The molecule has 0 bridgehead atoms. The zero-order chi connectivity index (χ0) is 72.7. The molecule has 0 aliphatic carbocycles. The Morgan fingerprint density at radius 2 is 0.465 bits per heavy atom. The summed E-state index contributed by atoms with van der Waals surface area (Å²) in [5.41, 5.74) is 0. The van der Waals surface area contributed by atoms with Crippen LogP contribution in [0.5, 0.6) is 0 Å². The van der Waals surface area contributed by atoms with Crippen molar-refractivity contribution >= 4 is 39.5 Å². The van der Waals surface area contributed by atoms with Crippen LogP contribution in [0.25, 0.3) is 0 Å². The summed E-state index contributed by atoms with van der Waals surface area (Å²) in [6, 6.07) is 0. The monoisotopic (exact) mass is 1450 g/mol. The summed E-state index contributed by atoms with van der Waals surface area (Å²) in [6.45, 7) is 7.34. The van der Waals surface area contributed by atoms with E-state index in [4.69, 9.17) is 37.0 Å². The molecular formula is C80H156O17P2. The largest absolute Gasteiger partial charge is 0.472 e. The van der Waals surface area contributed by atoms with E-state index in [0.717, 1.165) is 95.8 Å². The van der Waals surface area contributed by atoms with Crippen LogP contribution in [0.2, 0.25) is 0 Å². The third-order valence-corrected chi connectivity index (χ3v) is 20.7. The number of phosphoric ester groups is 2. The third-order valence-electron chi connectivity index (χ3n) is 18.8. The van der Waals surface area contributed by atoms with Crippen LogP contribution in [-0.4, -0.2) is 96.7 Å². The SMILES string of the molecule is CCCCCCCCCCCCCCCCCCCCC(=O)O[C@H](COC(=O)CCCCCCCCCCCCCCC(C)C)COP(=O)(O)OC[C@@H](O)COP(=O)(O)OC[C@@H](COC(=O)CCCCCCCCCCCCC)OC(=O)CCCCCCCCCCCCCCCCC. The Labute approximate surface area is 607 Å². The van der Waals surface area contributed by atoms with Crippen molar-refractivity contribution in [1.82, 2.24) is 0 Å². The molecule has 0 spiro atoms. The first-order valence-electron chi connectivity index (χ1n) is 41.6. The van der Waals surface area contributed by atoms with Gasteiger partial charge < -0.3 is 33.8 Å². The average Bonchev–Trinajstić information content (AvgIpc) is 1.17. The number of hydrogen-bond donors (Lipinski definition) is 3. The van der Waals surface area contributed by atoms with Crippen molar-refractivity contribution in [3.8, 4) is 0 Å². The highest BCUT2D eigenvalue weighted by molar-refractivity contribution is 7.47. The predicted octanol–water partition coefficient (Wildman–Crippen LogP) is 24.0. The molecule has 3 N–H and O–H groups in total. The lowest BCUT2D eigenvalue weighted by molar-refractivity contribution is -0.161. The second-order valence-corrected chi connectivity index (χ2v) is 32.2. The van der Waals surface area contributed by atoms with Crippen molar-refractivity contribution in [2.75, 3.05) is 39.6 Å². The molecule has 0 saturated carbocycles. The van der Waals surface area contributed by atoms with Gasteiger partial charge in [-0.2, -0.15) is 0 Å². The van der Waals surface area contributed by atoms with Gasteiger partial charge in [-0.15, -0.1) is 0 Å². The number of aliphatic hydroxyl groups excluding tert-OH is 1. The molecule has 17 nitrogen and oxygen atoms in total. The zero-order valence-corrected chi connectivity index (χ0v) is 66.4. The minimum absolute atomic E-state index is 0.109. The summed E-state index contributed by atoms with van der Waals surface area (Å²) in [4.78, 5) is 73.0. The van der Waals surface area contributed by atoms with Crippen molar-refractivity contribution in [1.29, 1.82) is 0 Å². The van der Waals surface area contributed by atoms with Crippen LogP contribution in [-0.2, 0) is 65.4 Å². The minimum Gasteiger partial charge on any atom is -0.462 e. The number of esters is 4. The molecule has 0 heterocycles. The van der Waals surface area contributed by atoms with E-state index in [1.165, 1.54) is 250 Å². The molecule has 0 aliphatic rings. The average molecular weight is 1450 g/mol. The van der Waals surface area contributed by atoms with E-state index >= 15 is 0 Å². The van der Waals surface area contributed by atoms with Gasteiger partial charge >= 0.3 is 39.5 Å². The van der Waals surface area contributed by atoms with E-state index in [9.17, 15) is 43.2 Å². The van der Waals surface area contributed by atoms with E-state index in [0.29, 0.717) is 25.7 Å². The van der Waals surface area contributed by atoms with Crippen LogP contribution < -0.4 is 0 Å². The van der Waals surface area contributed by atoms with Gasteiger partial charge in [-0.05, 0) is 31.6 Å². The molecule has 99 heavy (non-hydrogen) atoms. The molecule has 0 fully saturated rings. The Balaban J connectivity index is 5.25. The zero-order valence-electron chi connectivity index (χ0n) is 64.6. The summed E-state index contributed by atoms with van der Waals surface area (Å²) < 4.78 is 68.7. The summed E-state index contributed by atoms with van der Waals surface area (Å²) >= 11 is 0. The molecule has 0 amide bonds. The molecule has 2 unspecified atom stereocenters. The maximum Gasteiger partial charge on any atom is 0.472 e. The van der Waals surface area contributed by atoms with Crippen LogP contribution in [0.15, 0.2) is 0 Å². The van der Waals surface area contributed by atoms with Gasteiger partial charge in [0.1, 0.15) is 19.3 Å². The number of hydrogen-bond acceptors (Lipinski definition) is 15. The van der Waals surface area contributed by atoms with E-state index in [1.807, 2.05) is 0 Å². The van der Waals surface area contributed by atoms with Gasteiger partial charge in [-0.25, -0.2) is 9.13 Å². The summed E-state index contributed by atoms with van der Waals surface area (Å²) in [6.07, 6.45) is 63.6. The van der Waals surface area contributed by atoms with Gasteiger partial charge in [0, 0.05) is 25.7 Å². The number of carbonyl (C=O) groups excluding carboxylic acids is 4. The fourth-order valence-electron chi connectivity index (χ4n) is 12.4. The standard InChI is InChI=1S/C80H156O17P2/c1-6-9-12-15-18-21-24-26-28-29-30-32-34-41-46-51-56-61-66-80(85)97-76(70-91-78(83)64-59-54-49-44-39-36-35-38-42-47-52-57-62-73(4)5)72-95-99(88,89)93-68-74(81)67-92-98(86,87)94-71-75(69-90-77(82)63-58-53-48-43-37-23-20-17-14-11-8-3)96-79(84)65-60-55-50-45-40-33-31-27-25-22-19-16-13-10-7-2/h73-76,81H,6-72H2,1-5H3,(H,86,87)(H,88,89)/t74-,75+,76+/m0/s1. The lowest BCUT2D eigenvalue weighted by atomic mass is 10.0. The highest BCUT2D eigenvalue weighted by Crippen LogP contribution is 2.45. The molecule has 0 aromatic carbocycles. The molecule has 5 atom stereocenters. The highest BCUT2D eigenvalue weighted by Gasteiger charge is 2.30. The lowest BCUT2D eigenvalue weighted by Crippen LogP contribution is -2.30. The molecule has 0 aromatic rings. The van der Waals surface area contributed by atoms with Crippen molar-refractivity contribution in [2.45, 2.75) is 445 Å². The number of unbranched alkanes of at least 4 members (excludes halogenated alkanes) is 52. The predicted molar refractivity (Wildman–Crippen MR) is 405 cm³/mol. The lowest BCUT2D eigenvalue weighted by Gasteiger charge is -2.21. The van der Waals surface area contributed by atoms with Gasteiger partial charge in [0.05, 0.1) is 26.4 Å². The van der Waals surface area contributed by atoms with Crippen LogP contribution >= 0.6 is 15.6 Å². The van der Waals surface area contributed by atoms with Crippen molar-refractivity contribution in [2.24, 2.45) is 5.92 Å². The van der Waals surface area contributed by atoms with Gasteiger partial charge in [-0.1, -0.05) is 375 Å².